The third-order valence-corrected chi connectivity index (χ3v) is 4.91. The van der Waals surface area contributed by atoms with Crippen molar-refractivity contribution in [3.05, 3.63) is 90.2 Å². The Hall–Kier alpha value is -4.68. The van der Waals surface area contributed by atoms with E-state index >= 15 is 0 Å². The predicted octanol–water partition coefficient (Wildman–Crippen LogP) is 6.39. The maximum absolute atomic E-state index is 13.7. The van der Waals surface area contributed by atoms with Crippen molar-refractivity contribution >= 4 is 34.0 Å². The van der Waals surface area contributed by atoms with Gasteiger partial charge in [-0.05, 0) is 54.6 Å². The summed E-state index contributed by atoms with van der Waals surface area (Å²) < 4.78 is 30.4. The largest absolute Gasteiger partial charge is 0.502 e. The average molecular weight is 472 g/mol. The number of aromatic nitrogens is 1. The molecule has 4 rings (SSSR count). The zero-order valence-electron chi connectivity index (χ0n) is 18.7. The number of urea groups is 1. The minimum Gasteiger partial charge on any atom is -0.502 e. The first-order chi connectivity index (χ1) is 17.1. The van der Waals surface area contributed by atoms with E-state index in [4.69, 9.17) is 20.8 Å². The molecule has 0 aliphatic heterocycles. The second-order valence-electron chi connectivity index (χ2n) is 7.28. The van der Waals surface area contributed by atoms with E-state index in [1.54, 1.807) is 67.9 Å². The van der Waals surface area contributed by atoms with Crippen LogP contribution in [0.25, 0.3) is 15.7 Å². The topological polar surface area (TPSA) is 86.1 Å². The van der Waals surface area contributed by atoms with Crippen LogP contribution in [0.15, 0.2) is 72.9 Å². The Labute approximate surface area is 201 Å². The molecule has 0 bridgehead atoms. The lowest BCUT2D eigenvalue weighted by atomic mass is 10.1. The van der Waals surface area contributed by atoms with E-state index in [0.717, 1.165) is 0 Å². The molecule has 0 fully saturated rings. The van der Waals surface area contributed by atoms with Crippen molar-refractivity contribution in [1.82, 2.24) is 4.98 Å². The van der Waals surface area contributed by atoms with Crippen LogP contribution >= 0.6 is 0 Å². The number of pyridine rings is 1. The molecule has 0 radical (unpaired) electrons. The van der Waals surface area contributed by atoms with E-state index in [0.29, 0.717) is 52.7 Å². The van der Waals surface area contributed by atoms with E-state index in [-0.39, 0.29) is 5.69 Å². The second-order valence-corrected chi connectivity index (χ2v) is 7.28. The highest BCUT2D eigenvalue weighted by Crippen LogP contribution is 2.37. The molecule has 1 aromatic heterocycles. The quantitative estimate of drug-likeness (QED) is 0.229. The maximum Gasteiger partial charge on any atom is 0.323 e. The number of halogens is 1. The van der Waals surface area contributed by atoms with Crippen LogP contribution in [0.3, 0.4) is 0 Å². The number of hydrogen-bond donors (Lipinski definition) is 2. The van der Waals surface area contributed by atoms with Gasteiger partial charge in [-0.15, -0.1) is 0 Å². The molecule has 1 heterocycles. The zero-order chi connectivity index (χ0) is 24.6. The molecule has 4 aromatic rings. The van der Waals surface area contributed by atoms with Crippen molar-refractivity contribution in [2.24, 2.45) is 0 Å². The van der Waals surface area contributed by atoms with E-state index in [9.17, 15) is 9.18 Å². The van der Waals surface area contributed by atoms with Gasteiger partial charge in [0.2, 0.25) is 5.69 Å². The standard InChI is InChI=1S/C26H21FN4O4/c1-28-23-15-19-22(16-25(23)34-14-13-33-2)29-12-11-24(19)35-18-9-7-17(8-10-18)30-26(32)31-21-6-4-3-5-20(21)27/h3-12,15-16H,13-14H2,2H3,(H2,30,31,32). The summed E-state index contributed by atoms with van der Waals surface area (Å²) >= 11 is 0. The van der Waals surface area contributed by atoms with Crippen molar-refractivity contribution in [3.63, 3.8) is 0 Å². The van der Waals surface area contributed by atoms with Crippen LogP contribution in [0.4, 0.5) is 26.2 Å². The summed E-state index contributed by atoms with van der Waals surface area (Å²) in [5.74, 6) is 0.938. The molecule has 3 aromatic carbocycles. The summed E-state index contributed by atoms with van der Waals surface area (Å²) in [5.41, 5.74) is 1.54. The van der Waals surface area contributed by atoms with Crippen molar-refractivity contribution in [2.75, 3.05) is 31.0 Å². The van der Waals surface area contributed by atoms with Gasteiger partial charge in [-0.1, -0.05) is 12.1 Å². The Kier molecular flexibility index (Phi) is 7.35. The number of hydrogen-bond acceptors (Lipinski definition) is 5. The van der Waals surface area contributed by atoms with E-state index < -0.39 is 11.8 Å². The van der Waals surface area contributed by atoms with Gasteiger partial charge in [0, 0.05) is 24.4 Å². The molecule has 8 nitrogen and oxygen atoms in total. The molecule has 0 spiro atoms. The van der Waals surface area contributed by atoms with E-state index in [1.165, 1.54) is 12.1 Å². The summed E-state index contributed by atoms with van der Waals surface area (Å²) in [6.45, 7) is 8.21. The van der Waals surface area contributed by atoms with Crippen LogP contribution in [0.2, 0.25) is 0 Å². The number of methoxy groups -OCH3 is 1. The minimum absolute atomic E-state index is 0.0838. The third kappa shape index (κ3) is 5.82. The Bertz CT molecular complexity index is 1390. The van der Waals surface area contributed by atoms with Gasteiger partial charge in [-0.3, -0.25) is 4.98 Å². The Morgan fingerprint density at radius 3 is 2.57 bits per heavy atom. The molecule has 35 heavy (non-hydrogen) atoms. The number of rotatable bonds is 8. The van der Waals surface area contributed by atoms with Gasteiger partial charge in [0.05, 0.1) is 24.4 Å². The van der Waals surface area contributed by atoms with Crippen molar-refractivity contribution in [2.45, 2.75) is 0 Å². The molecule has 9 heteroatoms. The molecule has 0 unspecified atom stereocenters. The van der Waals surface area contributed by atoms with Crippen LogP contribution in [-0.4, -0.2) is 31.3 Å². The molecule has 0 saturated heterocycles. The number of fused-ring (bicyclic) bond motifs is 1. The summed E-state index contributed by atoms with van der Waals surface area (Å²) in [5, 5.41) is 5.76. The van der Waals surface area contributed by atoms with Crippen molar-refractivity contribution < 1.29 is 23.4 Å². The summed E-state index contributed by atoms with van der Waals surface area (Å²) in [6.07, 6.45) is 1.61. The van der Waals surface area contributed by atoms with Gasteiger partial charge >= 0.3 is 6.03 Å². The highest BCUT2D eigenvalue weighted by Gasteiger charge is 2.12. The second kappa shape index (κ2) is 11.0. The SMILES string of the molecule is [C-]#[N+]c1cc2c(Oc3ccc(NC(=O)Nc4ccccc4F)cc3)ccnc2cc1OCCOC. The summed E-state index contributed by atoms with van der Waals surface area (Å²) in [4.78, 5) is 20.1. The number of para-hydroxylation sites is 1. The third-order valence-electron chi connectivity index (χ3n) is 4.91. The highest BCUT2D eigenvalue weighted by atomic mass is 19.1. The molecule has 0 saturated carbocycles. The van der Waals surface area contributed by atoms with Gasteiger partial charge in [-0.2, -0.15) is 0 Å². The fourth-order valence-corrected chi connectivity index (χ4v) is 3.24. The fourth-order valence-electron chi connectivity index (χ4n) is 3.24. The first-order valence-electron chi connectivity index (χ1n) is 10.6. The van der Waals surface area contributed by atoms with E-state index in [2.05, 4.69) is 20.5 Å². The maximum atomic E-state index is 13.7. The first-order valence-corrected chi connectivity index (χ1v) is 10.6. The number of carbonyl (C=O) groups is 1. The number of nitrogens with zero attached hydrogens (tertiary/aromatic N) is 2. The molecule has 0 atom stereocenters. The number of ether oxygens (including phenoxy) is 3. The number of nitrogens with one attached hydrogen (secondary N) is 2. The molecule has 0 aliphatic carbocycles. The van der Waals surface area contributed by atoms with Gasteiger partial charge < -0.3 is 24.8 Å². The Morgan fingerprint density at radius 1 is 1.03 bits per heavy atom. The summed E-state index contributed by atoms with van der Waals surface area (Å²) in [7, 11) is 1.58. The molecule has 176 valence electrons. The lowest BCUT2D eigenvalue weighted by Crippen LogP contribution is -2.19. The lowest BCUT2D eigenvalue weighted by molar-refractivity contribution is 0.147. The fraction of sp³-hybridized carbons (Fsp3) is 0.115. The van der Waals surface area contributed by atoms with Crippen LogP contribution in [-0.2, 0) is 4.74 Å². The monoisotopic (exact) mass is 472 g/mol. The van der Waals surface area contributed by atoms with Gasteiger partial charge in [0.25, 0.3) is 0 Å². The predicted molar refractivity (Wildman–Crippen MR) is 131 cm³/mol. The molecular formula is C26H21FN4O4. The van der Waals surface area contributed by atoms with Gasteiger partial charge in [-0.25, -0.2) is 14.0 Å². The van der Waals surface area contributed by atoms with Gasteiger partial charge in [0.15, 0.2) is 0 Å². The molecule has 2 N–H and O–H groups in total. The Morgan fingerprint density at radius 2 is 1.83 bits per heavy atom. The molecule has 2 amide bonds. The number of carbonyl (C=O) groups excluding carboxylic acids is 1. The van der Waals surface area contributed by atoms with Crippen molar-refractivity contribution in [3.8, 4) is 17.2 Å². The smallest absolute Gasteiger partial charge is 0.323 e. The molecule has 0 aliphatic rings. The normalized spacial score (nSPS) is 10.4. The number of amides is 2. The Balaban J connectivity index is 1.47. The molecular weight excluding hydrogens is 451 g/mol. The van der Waals surface area contributed by atoms with Crippen molar-refractivity contribution in [1.29, 1.82) is 0 Å². The van der Waals surface area contributed by atoms with E-state index in [1.807, 2.05) is 0 Å². The average Bonchev–Trinajstić information content (AvgIpc) is 2.86. The van der Waals surface area contributed by atoms with Crippen LogP contribution in [0, 0.1) is 12.4 Å². The minimum atomic E-state index is -0.570. The lowest BCUT2D eigenvalue weighted by Gasteiger charge is -2.13. The highest BCUT2D eigenvalue weighted by molar-refractivity contribution is 5.99. The van der Waals surface area contributed by atoms with Crippen LogP contribution in [0.1, 0.15) is 0 Å². The number of benzene rings is 3. The first kappa shape index (κ1) is 23.5. The van der Waals surface area contributed by atoms with Crippen LogP contribution < -0.4 is 20.1 Å². The zero-order valence-corrected chi connectivity index (χ0v) is 18.7. The number of anilines is 2. The summed E-state index contributed by atoms with van der Waals surface area (Å²) in [6, 6.07) is 17.1. The van der Waals surface area contributed by atoms with Crippen LogP contribution in [0.5, 0.6) is 17.2 Å². The van der Waals surface area contributed by atoms with Gasteiger partial charge in [0.1, 0.15) is 29.7 Å².